The van der Waals surface area contributed by atoms with Crippen LogP contribution in [0.15, 0.2) is 40.0 Å². The second-order valence-corrected chi connectivity index (χ2v) is 8.62. The van der Waals surface area contributed by atoms with Crippen molar-refractivity contribution in [3.8, 4) is 0 Å². The van der Waals surface area contributed by atoms with E-state index in [1.165, 1.54) is 36.8 Å². The van der Waals surface area contributed by atoms with E-state index in [1.807, 2.05) is 19.1 Å². The highest BCUT2D eigenvalue weighted by atomic mass is 79.9. The van der Waals surface area contributed by atoms with E-state index in [0.717, 1.165) is 24.8 Å². The van der Waals surface area contributed by atoms with Crippen LogP contribution in [0.4, 0.5) is 5.69 Å². The molecule has 0 radical (unpaired) electrons. The molecule has 0 aliphatic heterocycles. The van der Waals surface area contributed by atoms with E-state index in [4.69, 9.17) is 0 Å². The molecule has 2 N–H and O–H groups in total. The largest absolute Gasteiger partial charge is 0.380 e. The maximum atomic E-state index is 12.7. The molecule has 0 aromatic carbocycles. The van der Waals surface area contributed by atoms with Gasteiger partial charge in [0, 0.05) is 18.4 Å². The van der Waals surface area contributed by atoms with Gasteiger partial charge >= 0.3 is 0 Å². The first-order valence-corrected chi connectivity index (χ1v) is 11.6. The Morgan fingerprint density at radius 2 is 1.87 bits per heavy atom. The molecule has 8 heteroatoms. The lowest BCUT2D eigenvalue weighted by Crippen LogP contribution is -2.36. The Morgan fingerprint density at radius 3 is 2.53 bits per heavy atom. The lowest BCUT2D eigenvalue weighted by molar-refractivity contribution is -0.122. The first-order chi connectivity index (χ1) is 14.6. The fourth-order valence-electron chi connectivity index (χ4n) is 3.89. The van der Waals surface area contributed by atoms with Crippen LogP contribution in [-0.2, 0) is 11.3 Å². The van der Waals surface area contributed by atoms with Crippen LogP contribution in [0, 0.1) is 0 Å². The van der Waals surface area contributed by atoms with E-state index in [-0.39, 0.29) is 24.1 Å². The number of pyridine rings is 1. The number of hydrogen-bond acceptors (Lipinski definition) is 5. The van der Waals surface area contributed by atoms with Crippen molar-refractivity contribution in [1.82, 2.24) is 20.1 Å². The fraction of sp³-hybridized carbons (Fsp3) is 0.545. The molecule has 30 heavy (non-hydrogen) atoms. The van der Waals surface area contributed by atoms with Gasteiger partial charge in [0.15, 0.2) is 0 Å². The number of carbonyl (C=O) groups excluding carboxylic acids is 1. The zero-order chi connectivity index (χ0) is 21.3. The Bertz CT molecular complexity index is 879. The summed E-state index contributed by atoms with van der Waals surface area (Å²) in [6.45, 7) is 1.88. The van der Waals surface area contributed by atoms with E-state index in [9.17, 15) is 9.59 Å². The predicted molar refractivity (Wildman–Crippen MR) is 121 cm³/mol. The molecule has 1 saturated carbocycles. The summed E-state index contributed by atoms with van der Waals surface area (Å²) in [5.41, 5.74) is 1.38. The molecule has 2 aromatic rings. The van der Waals surface area contributed by atoms with Gasteiger partial charge in [0.25, 0.3) is 5.56 Å². The van der Waals surface area contributed by atoms with Crippen molar-refractivity contribution in [2.75, 3.05) is 5.32 Å². The van der Waals surface area contributed by atoms with Crippen LogP contribution < -0.4 is 16.2 Å². The topological polar surface area (TPSA) is 88.9 Å². The average molecular weight is 476 g/mol. The minimum absolute atomic E-state index is 0.122. The third-order valence-corrected chi connectivity index (χ3v) is 6.36. The van der Waals surface area contributed by atoms with Crippen molar-refractivity contribution < 1.29 is 4.79 Å². The van der Waals surface area contributed by atoms with Crippen molar-refractivity contribution in [3.05, 3.63) is 51.1 Å². The molecule has 162 valence electrons. The summed E-state index contributed by atoms with van der Waals surface area (Å²) in [7, 11) is 0. The molecule has 2 aromatic heterocycles. The molecule has 7 nitrogen and oxygen atoms in total. The van der Waals surface area contributed by atoms with E-state index in [2.05, 4.69) is 36.6 Å². The quantitative estimate of drug-likeness (QED) is 0.626. The number of nitrogens with one attached hydrogen (secondary N) is 2. The molecular formula is C22H30BrN5O2. The van der Waals surface area contributed by atoms with Crippen molar-refractivity contribution in [1.29, 1.82) is 0 Å². The third-order valence-electron chi connectivity index (χ3n) is 5.59. The number of rotatable bonds is 7. The second kappa shape index (κ2) is 11.2. The maximum absolute atomic E-state index is 12.7. The molecule has 0 saturated heterocycles. The summed E-state index contributed by atoms with van der Waals surface area (Å²) in [4.78, 5) is 29.3. The summed E-state index contributed by atoms with van der Waals surface area (Å²) in [6.07, 6.45) is 14.3. The molecule has 1 unspecified atom stereocenters. The summed E-state index contributed by atoms with van der Waals surface area (Å²) in [6, 6.07) is 3.99. The fourth-order valence-corrected chi connectivity index (χ4v) is 4.31. The van der Waals surface area contributed by atoms with Crippen molar-refractivity contribution in [3.63, 3.8) is 0 Å². The molecule has 0 bridgehead atoms. The first kappa shape index (κ1) is 22.5. The monoisotopic (exact) mass is 475 g/mol. The van der Waals surface area contributed by atoms with E-state index in [0.29, 0.717) is 16.2 Å². The molecule has 1 aliphatic carbocycles. The van der Waals surface area contributed by atoms with Gasteiger partial charge in [-0.05, 0) is 52.9 Å². The predicted octanol–water partition coefficient (Wildman–Crippen LogP) is 4.19. The smallest absolute Gasteiger partial charge is 0.283 e. The van der Waals surface area contributed by atoms with E-state index >= 15 is 0 Å². The van der Waals surface area contributed by atoms with Gasteiger partial charge in [-0.25, -0.2) is 4.68 Å². The number of halogens is 1. The Balaban J connectivity index is 1.64. The molecule has 1 amide bonds. The first-order valence-electron chi connectivity index (χ1n) is 10.8. The molecule has 0 spiro atoms. The highest BCUT2D eigenvalue weighted by Gasteiger charge is 2.18. The van der Waals surface area contributed by atoms with Gasteiger partial charge < -0.3 is 10.6 Å². The zero-order valence-electron chi connectivity index (χ0n) is 17.4. The van der Waals surface area contributed by atoms with Crippen molar-refractivity contribution in [2.45, 2.75) is 76.9 Å². The Labute approximate surface area is 185 Å². The van der Waals surface area contributed by atoms with Gasteiger partial charge in [0.1, 0.15) is 11.0 Å². The van der Waals surface area contributed by atoms with Gasteiger partial charge in [0.05, 0.1) is 17.9 Å². The number of nitrogens with zero attached hydrogens (tertiary/aromatic N) is 3. The number of anilines is 1. The van der Waals surface area contributed by atoms with E-state index < -0.39 is 0 Å². The SMILES string of the molecule is CCC(NC(=O)Cn1ncc(NC2CCCCCCC2)c(Br)c1=O)c1ccncc1. The number of aromatic nitrogens is 3. The molecule has 1 fully saturated rings. The van der Waals surface area contributed by atoms with Gasteiger partial charge in [-0.1, -0.05) is 39.0 Å². The minimum atomic E-state index is -0.307. The van der Waals surface area contributed by atoms with Crippen molar-refractivity contribution in [2.24, 2.45) is 0 Å². The highest BCUT2D eigenvalue weighted by molar-refractivity contribution is 9.10. The van der Waals surface area contributed by atoms with Crippen LogP contribution in [0.5, 0.6) is 0 Å². The normalized spacial score (nSPS) is 16.3. The maximum Gasteiger partial charge on any atom is 0.283 e. The van der Waals surface area contributed by atoms with Crippen LogP contribution in [0.25, 0.3) is 0 Å². The minimum Gasteiger partial charge on any atom is -0.380 e. The van der Waals surface area contributed by atoms with Gasteiger partial charge in [0.2, 0.25) is 5.91 Å². The molecule has 2 heterocycles. The van der Waals surface area contributed by atoms with Crippen LogP contribution in [0.2, 0.25) is 0 Å². The van der Waals surface area contributed by atoms with Crippen LogP contribution in [0.1, 0.15) is 69.9 Å². The highest BCUT2D eigenvalue weighted by Crippen LogP contribution is 2.23. The number of amides is 1. The second-order valence-electron chi connectivity index (χ2n) is 7.83. The third kappa shape index (κ3) is 6.14. The number of carbonyl (C=O) groups is 1. The summed E-state index contributed by atoms with van der Waals surface area (Å²) in [5, 5.41) is 10.7. The average Bonchev–Trinajstić information content (AvgIpc) is 2.74. The Hall–Kier alpha value is -2.22. The number of hydrogen-bond donors (Lipinski definition) is 2. The van der Waals surface area contributed by atoms with Crippen LogP contribution in [-0.4, -0.2) is 26.7 Å². The lowest BCUT2D eigenvalue weighted by atomic mass is 9.96. The van der Waals surface area contributed by atoms with Gasteiger partial charge in [-0.3, -0.25) is 14.6 Å². The van der Waals surface area contributed by atoms with E-state index in [1.54, 1.807) is 18.6 Å². The standard InChI is InChI=1S/C22H30BrN5O2/c1-2-18(16-10-12-24-13-11-16)27-20(29)15-28-22(30)21(23)19(14-25-28)26-17-8-6-4-3-5-7-9-17/h10-14,17-18,26H,2-9,15H2,1H3,(H,27,29). The lowest BCUT2D eigenvalue weighted by Gasteiger charge is -2.22. The molecule has 1 aliphatic rings. The van der Waals surface area contributed by atoms with Gasteiger partial charge in [-0.2, -0.15) is 5.10 Å². The summed E-state index contributed by atoms with van der Waals surface area (Å²) < 4.78 is 1.62. The van der Waals surface area contributed by atoms with Crippen LogP contribution >= 0.6 is 15.9 Å². The van der Waals surface area contributed by atoms with Gasteiger partial charge in [-0.15, -0.1) is 0 Å². The van der Waals surface area contributed by atoms with Crippen molar-refractivity contribution >= 4 is 27.5 Å². The molecular weight excluding hydrogens is 446 g/mol. The van der Waals surface area contributed by atoms with Crippen LogP contribution in [0.3, 0.4) is 0 Å². The molecule has 3 rings (SSSR count). The summed E-state index contributed by atoms with van der Waals surface area (Å²) >= 11 is 3.41. The zero-order valence-corrected chi connectivity index (χ0v) is 19.0. The Morgan fingerprint density at radius 1 is 1.20 bits per heavy atom. The molecule has 1 atom stereocenters. The Kier molecular flexibility index (Phi) is 8.42. The summed E-state index contributed by atoms with van der Waals surface area (Å²) in [5.74, 6) is -0.249.